The zero-order valence-corrected chi connectivity index (χ0v) is 42.1. The largest absolute Gasteiger partial charge is 0.492 e. The molecule has 2 aromatic heterocycles. The average molecular weight is 900 g/mol. The molecule has 1 fully saturated rings. The highest BCUT2D eigenvalue weighted by Crippen LogP contribution is 2.50. The summed E-state index contributed by atoms with van der Waals surface area (Å²) in [6, 6.07) is 13.0. The van der Waals surface area contributed by atoms with Crippen molar-refractivity contribution in [2.75, 3.05) is 11.3 Å². The number of aromatic amines is 1. The fourth-order valence-electron chi connectivity index (χ4n) is 10.0. The summed E-state index contributed by atoms with van der Waals surface area (Å²) in [6.07, 6.45) is 8.77. The topological polar surface area (TPSA) is 159 Å². The Morgan fingerprint density at radius 2 is 1.56 bits per heavy atom. The molecule has 0 amide bonds. The van der Waals surface area contributed by atoms with Crippen molar-refractivity contribution in [3.8, 4) is 23.2 Å². The number of aliphatic hydroxyl groups is 1. The summed E-state index contributed by atoms with van der Waals surface area (Å²) < 4.78 is 46.3. The first-order valence-electron chi connectivity index (χ1n) is 23.5. The first-order valence-corrected chi connectivity index (χ1v) is 25.0. The SMILES string of the molecule is CCCCCCCCOc1ccc(C(C)(C)CC(C)(C)C)cc1S(=O)(=O)Nc1cc(-c2nc3c(C(=O)OC4C(C(C)(C)C)CC(C)CC4C(C)(C)C)c(C#N)c(CO)n3[nH]2)ccc1C. The highest BCUT2D eigenvalue weighted by Gasteiger charge is 2.48. The molecule has 2 unspecified atom stereocenters. The minimum Gasteiger partial charge on any atom is -0.492 e. The molecule has 1 aliphatic rings. The molecule has 2 heterocycles. The van der Waals surface area contributed by atoms with Gasteiger partial charge in [-0.25, -0.2) is 22.7 Å². The Labute approximate surface area is 384 Å². The molecule has 352 valence electrons. The molecule has 0 saturated heterocycles. The van der Waals surface area contributed by atoms with Crippen LogP contribution in [-0.2, 0) is 26.8 Å². The summed E-state index contributed by atoms with van der Waals surface area (Å²) in [7, 11) is -4.19. The van der Waals surface area contributed by atoms with Gasteiger partial charge < -0.3 is 14.6 Å². The van der Waals surface area contributed by atoms with Crippen LogP contribution in [0.1, 0.15) is 181 Å². The highest BCUT2D eigenvalue weighted by molar-refractivity contribution is 7.92. The highest BCUT2D eigenvalue weighted by atomic mass is 32.2. The zero-order valence-electron chi connectivity index (χ0n) is 41.3. The number of unbranched alkanes of at least 4 members (excludes halogenated alkanes) is 5. The molecule has 4 aromatic rings. The first-order chi connectivity index (χ1) is 29.7. The standard InChI is InChI=1S/C52H77N5O6S/c1-15-16-17-18-19-20-25-62-42-24-23-36(52(13,14)32-49(4,5)6)29-43(42)64(60,61)56-40-28-35(22-21-34(40)3)46-54-47-44(37(30-53)41(31-58)57(47)55-46)48(59)63-45-38(50(7,8)9)26-33(2)27-39(45)51(10,11)12/h21-24,28-29,33,38-39,45,56,58H,15-20,25-27,31-32H2,1-14H3,(H,54,55). The van der Waals surface area contributed by atoms with E-state index in [1.54, 1.807) is 24.3 Å². The Hall–Kier alpha value is -4.34. The van der Waals surface area contributed by atoms with Crippen LogP contribution in [0.15, 0.2) is 41.3 Å². The molecule has 5 rings (SSSR count). The van der Waals surface area contributed by atoms with Gasteiger partial charge in [0.05, 0.1) is 30.2 Å². The molecule has 0 bridgehead atoms. The van der Waals surface area contributed by atoms with Crippen molar-refractivity contribution in [1.82, 2.24) is 14.6 Å². The Morgan fingerprint density at radius 3 is 2.14 bits per heavy atom. The van der Waals surface area contributed by atoms with E-state index in [9.17, 15) is 23.6 Å². The number of ether oxygens (including phenoxy) is 2. The molecular weight excluding hydrogens is 823 g/mol. The summed E-state index contributed by atoms with van der Waals surface area (Å²) in [5, 5.41) is 24.2. The van der Waals surface area contributed by atoms with E-state index in [0.717, 1.165) is 44.1 Å². The van der Waals surface area contributed by atoms with E-state index in [-0.39, 0.29) is 60.9 Å². The number of sulfonamides is 1. The van der Waals surface area contributed by atoms with Crippen molar-refractivity contribution in [3.63, 3.8) is 0 Å². The van der Waals surface area contributed by atoms with E-state index >= 15 is 0 Å². The van der Waals surface area contributed by atoms with E-state index in [1.165, 1.54) is 23.8 Å². The minimum absolute atomic E-state index is 0.00127. The quantitative estimate of drug-likeness (QED) is 0.0698. The fraction of sp³-hybridized carbons (Fsp3) is 0.635. The number of benzene rings is 2. The second kappa shape index (κ2) is 19.6. The maximum absolute atomic E-state index is 14.6. The van der Waals surface area contributed by atoms with E-state index in [0.29, 0.717) is 40.9 Å². The minimum atomic E-state index is -4.19. The number of nitriles is 1. The first kappa shape index (κ1) is 50.7. The number of esters is 1. The second-order valence-corrected chi connectivity index (χ2v) is 24.3. The number of aromatic nitrogens is 3. The van der Waals surface area contributed by atoms with Crippen LogP contribution in [0.3, 0.4) is 0 Å². The Morgan fingerprint density at radius 1 is 0.938 bits per heavy atom. The van der Waals surface area contributed by atoms with Gasteiger partial charge in [-0.2, -0.15) is 5.26 Å². The predicted molar refractivity (Wildman–Crippen MR) is 257 cm³/mol. The van der Waals surface area contributed by atoms with Crippen molar-refractivity contribution < 1.29 is 27.8 Å². The van der Waals surface area contributed by atoms with Crippen LogP contribution in [0.4, 0.5) is 5.69 Å². The van der Waals surface area contributed by atoms with Crippen LogP contribution < -0.4 is 9.46 Å². The Balaban J connectivity index is 1.52. The number of rotatable bonds is 17. The fourth-order valence-corrected chi connectivity index (χ4v) is 11.3. The molecule has 2 atom stereocenters. The monoisotopic (exact) mass is 900 g/mol. The molecule has 64 heavy (non-hydrogen) atoms. The third-order valence-corrected chi connectivity index (χ3v) is 14.6. The van der Waals surface area contributed by atoms with Gasteiger partial charge in [0.1, 0.15) is 28.4 Å². The summed E-state index contributed by atoms with van der Waals surface area (Å²) in [4.78, 5) is 19.4. The summed E-state index contributed by atoms with van der Waals surface area (Å²) in [6.45, 7) is 30.1. The molecule has 0 aliphatic heterocycles. The predicted octanol–water partition coefficient (Wildman–Crippen LogP) is 12.5. The summed E-state index contributed by atoms with van der Waals surface area (Å²) in [5.74, 6) is 0.574. The van der Waals surface area contributed by atoms with Gasteiger partial charge in [0, 0.05) is 17.4 Å². The average Bonchev–Trinajstić information content (AvgIpc) is 3.73. The number of nitrogens with zero attached hydrogens (tertiary/aromatic N) is 3. The molecule has 1 aliphatic carbocycles. The van der Waals surface area contributed by atoms with Crippen LogP contribution in [0.5, 0.6) is 5.75 Å². The zero-order chi connectivity index (χ0) is 47.6. The van der Waals surface area contributed by atoms with Gasteiger partial charge in [-0.15, -0.1) is 0 Å². The van der Waals surface area contributed by atoms with Gasteiger partial charge in [-0.3, -0.25) is 9.82 Å². The van der Waals surface area contributed by atoms with Crippen LogP contribution in [0, 0.1) is 52.3 Å². The van der Waals surface area contributed by atoms with E-state index in [1.807, 2.05) is 19.1 Å². The second-order valence-electron chi connectivity index (χ2n) is 22.6. The smallest absolute Gasteiger partial charge is 0.343 e. The molecule has 12 heteroatoms. The van der Waals surface area contributed by atoms with Gasteiger partial charge >= 0.3 is 5.97 Å². The van der Waals surface area contributed by atoms with Crippen molar-refractivity contribution in [1.29, 1.82) is 5.26 Å². The molecular formula is C52H77N5O6S. The van der Waals surface area contributed by atoms with E-state index < -0.39 is 28.7 Å². The third-order valence-electron chi connectivity index (χ3n) is 13.2. The molecule has 0 spiro atoms. The number of anilines is 1. The molecule has 11 nitrogen and oxygen atoms in total. The van der Waals surface area contributed by atoms with Gasteiger partial charge in [-0.1, -0.05) is 140 Å². The van der Waals surface area contributed by atoms with Crippen LogP contribution >= 0.6 is 0 Å². The third kappa shape index (κ3) is 11.7. The molecule has 3 N–H and O–H groups in total. The number of carbonyl (C=O) groups excluding carboxylic acids is 1. The number of hydrogen-bond acceptors (Lipinski definition) is 8. The number of nitrogens with one attached hydrogen (secondary N) is 2. The number of carbonyl (C=O) groups is 1. The van der Waals surface area contributed by atoms with Crippen LogP contribution in [0.2, 0.25) is 0 Å². The van der Waals surface area contributed by atoms with Gasteiger partial charge in [0.15, 0.2) is 11.5 Å². The number of aryl methyl sites for hydroxylation is 1. The maximum atomic E-state index is 14.6. The van der Waals surface area contributed by atoms with Crippen LogP contribution in [-0.4, -0.2) is 46.8 Å². The number of aliphatic hydroxyl groups excluding tert-OH is 1. The van der Waals surface area contributed by atoms with Gasteiger partial charge in [0.2, 0.25) is 0 Å². The van der Waals surface area contributed by atoms with Gasteiger partial charge in [0.25, 0.3) is 10.0 Å². The number of H-pyrrole nitrogens is 1. The maximum Gasteiger partial charge on any atom is 0.343 e. The lowest BCUT2D eigenvalue weighted by molar-refractivity contribution is -0.0922. The Kier molecular flexibility index (Phi) is 15.5. The molecule has 1 saturated carbocycles. The molecule has 2 aromatic carbocycles. The Bertz CT molecular complexity index is 2390. The van der Waals surface area contributed by atoms with Crippen molar-refractivity contribution in [3.05, 3.63) is 64.3 Å². The van der Waals surface area contributed by atoms with Crippen molar-refractivity contribution in [2.45, 2.75) is 178 Å². The number of fused-ring (bicyclic) bond motifs is 1. The van der Waals surface area contributed by atoms with Crippen molar-refractivity contribution in [2.24, 2.45) is 34.0 Å². The normalized spacial score (nSPS) is 18.8. The van der Waals surface area contributed by atoms with E-state index in [2.05, 4.69) is 106 Å². The van der Waals surface area contributed by atoms with E-state index in [4.69, 9.17) is 14.5 Å². The van der Waals surface area contributed by atoms with Crippen LogP contribution in [0.25, 0.3) is 17.0 Å². The number of hydrogen-bond donors (Lipinski definition) is 3. The van der Waals surface area contributed by atoms with Gasteiger partial charge in [-0.05, 0) is 89.5 Å². The summed E-state index contributed by atoms with van der Waals surface area (Å²) in [5.41, 5.74) is 2.16. The molecule has 0 radical (unpaired) electrons. The lowest BCUT2D eigenvalue weighted by Crippen LogP contribution is -2.49. The lowest BCUT2D eigenvalue weighted by Gasteiger charge is -2.50. The lowest BCUT2D eigenvalue weighted by atomic mass is 9.59. The summed E-state index contributed by atoms with van der Waals surface area (Å²) >= 11 is 0. The van der Waals surface area contributed by atoms with Crippen molar-refractivity contribution >= 4 is 27.3 Å².